The summed E-state index contributed by atoms with van der Waals surface area (Å²) in [6.45, 7) is 1.03. The lowest BCUT2D eigenvalue weighted by Gasteiger charge is -2.18. The van der Waals surface area contributed by atoms with Crippen LogP contribution in [0, 0.1) is 0 Å². The molecule has 6 nitrogen and oxygen atoms in total. The van der Waals surface area contributed by atoms with Gasteiger partial charge in [-0.25, -0.2) is 4.98 Å². The van der Waals surface area contributed by atoms with Gasteiger partial charge in [0.15, 0.2) is 21.6 Å². The Hall–Kier alpha value is -2.51. The molecule has 1 amide bonds. The quantitative estimate of drug-likeness (QED) is 0.725. The second kappa shape index (κ2) is 6.18. The number of halogens is 1. The molecule has 24 heavy (non-hydrogen) atoms. The van der Waals surface area contributed by atoms with Crippen LogP contribution in [-0.2, 0) is 4.79 Å². The number of fused-ring (bicyclic) bond motifs is 2. The molecular weight excluding hydrogens is 350 g/mol. The third-order valence-corrected chi connectivity index (χ3v) is 4.49. The van der Waals surface area contributed by atoms with E-state index in [1.807, 2.05) is 16.0 Å². The Morgan fingerprint density at radius 1 is 1.33 bits per heavy atom. The fourth-order valence-electron chi connectivity index (χ4n) is 2.39. The molecule has 3 heterocycles. The molecule has 122 valence electrons. The van der Waals surface area contributed by atoms with Crippen molar-refractivity contribution in [2.24, 2.45) is 0 Å². The fraction of sp³-hybridized carbons (Fsp3) is 0.125. The Kier molecular flexibility index (Phi) is 3.87. The summed E-state index contributed by atoms with van der Waals surface area (Å²) < 4.78 is 12.8. The van der Waals surface area contributed by atoms with Gasteiger partial charge in [-0.1, -0.05) is 11.6 Å². The molecule has 1 aromatic carbocycles. The van der Waals surface area contributed by atoms with Gasteiger partial charge in [0.1, 0.15) is 13.2 Å². The Morgan fingerprint density at radius 3 is 3.04 bits per heavy atom. The minimum Gasteiger partial charge on any atom is -0.486 e. The first-order valence-electron chi connectivity index (χ1n) is 7.20. The van der Waals surface area contributed by atoms with Gasteiger partial charge in [0, 0.05) is 29.4 Å². The highest BCUT2D eigenvalue weighted by Crippen LogP contribution is 2.32. The van der Waals surface area contributed by atoms with Crippen molar-refractivity contribution >= 4 is 45.6 Å². The van der Waals surface area contributed by atoms with E-state index in [1.165, 1.54) is 17.4 Å². The van der Waals surface area contributed by atoms with Gasteiger partial charge in [0.2, 0.25) is 5.91 Å². The van der Waals surface area contributed by atoms with Crippen LogP contribution in [0.25, 0.3) is 11.0 Å². The van der Waals surface area contributed by atoms with E-state index in [0.29, 0.717) is 41.2 Å². The van der Waals surface area contributed by atoms with Crippen molar-refractivity contribution < 1.29 is 14.3 Å². The van der Waals surface area contributed by atoms with E-state index in [1.54, 1.807) is 24.3 Å². The smallest absolute Gasteiger partial charge is 0.248 e. The van der Waals surface area contributed by atoms with Crippen molar-refractivity contribution in [1.82, 2.24) is 9.38 Å². The maximum atomic E-state index is 12.1. The van der Waals surface area contributed by atoms with E-state index < -0.39 is 0 Å². The van der Waals surface area contributed by atoms with Crippen LogP contribution in [0.15, 0.2) is 35.9 Å². The number of aromatic nitrogens is 2. The molecule has 1 aliphatic heterocycles. The number of hydrogen-bond acceptors (Lipinski definition) is 5. The predicted molar refractivity (Wildman–Crippen MR) is 93.2 cm³/mol. The maximum absolute atomic E-state index is 12.1. The summed E-state index contributed by atoms with van der Waals surface area (Å²) in [5, 5.41) is 5.06. The fourth-order valence-corrected chi connectivity index (χ4v) is 3.39. The first kappa shape index (κ1) is 15.0. The molecule has 2 aromatic heterocycles. The molecule has 1 N–H and O–H groups in total. The number of nitrogens with one attached hydrogen (secondary N) is 1. The van der Waals surface area contributed by atoms with Crippen LogP contribution in [0.1, 0.15) is 5.69 Å². The number of ether oxygens (including phenoxy) is 2. The minimum absolute atomic E-state index is 0.270. The number of thiazole rings is 1. The van der Waals surface area contributed by atoms with Gasteiger partial charge < -0.3 is 14.8 Å². The lowest BCUT2D eigenvalue weighted by Crippen LogP contribution is -2.16. The summed E-state index contributed by atoms with van der Waals surface area (Å²) in [6.07, 6.45) is 4.92. The van der Waals surface area contributed by atoms with Crippen LogP contribution in [0.3, 0.4) is 0 Å². The van der Waals surface area contributed by atoms with Crippen molar-refractivity contribution in [1.29, 1.82) is 0 Å². The summed E-state index contributed by atoms with van der Waals surface area (Å²) in [5.41, 5.74) is 1.30. The molecule has 0 fully saturated rings. The van der Waals surface area contributed by atoms with Crippen molar-refractivity contribution in [3.05, 3.63) is 46.7 Å². The summed E-state index contributed by atoms with van der Waals surface area (Å²) in [5.74, 6) is 1.04. The molecule has 1 aliphatic rings. The molecule has 0 atom stereocenters. The van der Waals surface area contributed by atoms with Crippen LogP contribution in [0.2, 0.25) is 5.15 Å². The summed E-state index contributed by atoms with van der Waals surface area (Å²) in [7, 11) is 0. The van der Waals surface area contributed by atoms with Crippen LogP contribution >= 0.6 is 22.9 Å². The number of carbonyl (C=O) groups is 1. The molecule has 3 aromatic rings. The van der Waals surface area contributed by atoms with Crippen molar-refractivity contribution in [3.8, 4) is 11.5 Å². The average molecular weight is 362 g/mol. The molecule has 8 heteroatoms. The van der Waals surface area contributed by atoms with Crippen LogP contribution < -0.4 is 14.8 Å². The monoisotopic (exact) mass is 361 g/mol. The topological polar surface area (TPSA) is 64.9 Å². The molecule has 0 saturated heterocycles. The molecule has 0 unspecified atom stereocenters. The van der Waals surface area contributed by atoms with E-state index in [-0.39, 0.29) is 5.91 Å². The number of anilines is 1. The van der Waals surface area contributed by atoms with Crippen molar-refractivity contribution in [3.63, 3.8) is 0 Å². The highest BCUT2D eigenvalue weighted by molar-refractivity contribution is 7.15. The second-order valence-corrected chi connectivity index (χ2v) is 6.26. The average Bonchev–Trinajstić information content (AvgIpc) is 3.13. The highest BCUT2D eigenvalue weighted by atomic mass is 35.5. The number of nitrogens with zero attached hydrogens (tertiary/aromatic N) is 2. The first-order valence-corrected chi connectivity index (χ1v) is 8.46. The zero-order valence-electron chi connectivity index (χ0n) is 12.4. The molecule has 4 rings (SSSR count). The van der Waals surface area contributed by atoms with Gasteiger partial charge in [-0.2, -0.15) is 0 Å². The number of imidazole rings is 1. The standard InChI is InChI=1S/C16H12ClN3O3S/c17-15-11(20-5-8-24-16(20)19-15)2-4-14(21)18-10-1-3-12-13(9-10)23-7-6-22-12/h1-5,8-9H,6-7H2,(H,18,21). The molecular formula is C16H12ClN3O3S. The number of rotatable bonds is 3. The van der Waals surface area contributed by atoms with Crippen molar-refractivity contribution in [2.75, 3.05) is 18.5 Å². The normalized spacial score (nSPS) is 13.5. The third-order valence-electron chi connectivity index (χ3n) is 3.46. The van der Waals surface area contributed by atoms with Crippen LogP contribution in [-0.4, -0.2) is 28.5 Å². The number of carbonyl (C=O) groups excluding carboxylic acids is 1. The third kappa shape index (κ3) is 2.83. The molecule has 0 saturated carbocycles. The summed E-state index contributed by atoms with van der Waals surface area (Å²) in [6, 6.07) is 5.28. The van der Waals surface area contributed by atoms with E-state index in [4.69, 9.17) is 21.1 Å². The predicted octanol–water partition coefficient (Wildman–Crippen LogP) is 3.47. The molecule has 0 aliphatic carbocycles. The lowest BCUT2D eigenvalue weighted by molar-refractivity contribution is -0.111. The number of hydrogen-bond donors (Lipinski definition) is 1. The summed E-state index contributed by atoms with van der Waals surface area (Å²) >= 11 is 7.57. The van der Waals surface area contributed by atoms with Gasteiger partial charge in [-0.05, 0) is 18.2 Å². The largest absolute Gasteiger partial charge is 0.486 e. The van der Waals surface area contributed by atoms with Gasteiger partial charge in [0.25, 0.3) is 0 Å². The zero-order chi connectivity index (χ0) is 16.5. The Balaban J connectivity index is 1.50. The minimum atomic E-state index is -0.270. The van der Waals surface area contributed by atoms with Crippen LogP contribution in [0.4, 0.5) is 5.69 Å². The van der Waals surface area contributed by atoms with Gasteiger partial charge in [-0.15, -0.1) is 11.3 Å². The van der Waals surface area contributed by atoms with Gasteiger partial charge in [0.05, 0.1) is 5.69 Å². The number of amides is 1. The lowest BCUT2D eigenvalue weighted by atomic mass is 10.2. The van der Waals surface area contributed by atoms with E-state index in [9.17, 15) is 4.79 Å². The SMILES string of the molecule is O=C(C=Cc1c(Cl)nc2sccn12)Nc1ccc2c(c1)OCCO2. The van der Waals surface area contributed by atoms with E-state index in [0.717, 1.165) is 4.96 Å². The molecule has 0 bridgehead atoms. The zero-order valence-corrected chi connectivity index (χ0v) is 13.9. The van der Waals surface area contributed by atoms with Gasteiger partial charge >= 0.3 is 0 Å². The van der Waals surface area contributed by atoms with Crippen LogP contribution in [0.5, 0.6) is 11.5 Å². The van der Waals surface area contributed by atoms with E-state index in [2.05, 4.69) is 10.3 Å². The Morgan fingerprint density at radius 2 is 2.17 bits per heavy atom. The van der Waals surface area contributed by atoms with E-state index >= 15 is 0 Å². The van der Waals surface area contributed by atoms with Gasteiger partial charge in [-0.3, -0.25) is 9.20 Å². The molecule has 0 spiro atoms. The maximum Gasteiger partial charge on any atom is 0.248 e. The highest BCUT2D eigenvalue weighted by Gasteiger charge is 2.12. The molecule has 0 radical (unpaired) electrons. The summed E-state index contributed by atoms with van der Waals surface area (Å²) in [4.78, 5) is 17.1. The Labute approximate surface area is 146 Å². The first-order chi connectivity index (χ1) is 11.7. The second-order valence-electron chi connectivity index (χ2n) is 5.02. The Bertz CT molecular complexity index is 947. The number of benzene rings is 1. The van der Waals surface area contributed by atoms with Crippen molar-refractivity contribution in [2.45, 2.75) is 0 Å².